The first-order valence-electron chi connectivity index (χ1n) is 9.86. The summed E-state index contributed by atoms with van der Waals surface area (Å²) in [6.07, 6.45) is 0.451. The van der Waals surface area contributed by atoms with Gasteiger partial charge in [-0.1, -0.05) is 6.07 Å². The monoisotopic (exact) mass is 454 g/mol. The fourth-order valence-electron chi connectivity index (χ4n) is 3.44. The van der Waals surface area contributed by atoms with Crippen molar-refractivity contribution < 1.29 is 31.8 Å². The van der Waals surface area contributed by atoms with Gasteiger partial charge in [-0.25, -0.2) is 21.9 Å². The number of amides is 1. The maximum absolute atomic E-state index is 13.3. The third-order valence-electron chi connectivity index (χ3n) is 5.08. The summed E-state index contributed by atoms with van der Waals surface area (Å²) in [7, 11) is -3.77. The van der Waals surface area contributed by atoms with E-state index in [4.69, 9.17) is 4.74 Å². The van der Waals surface area contributed by atoms with E-state index in [9.17, 15) is 27.1 Å². The van der Waals surface area contributed by atoms with Crippen molar-refractivity contribution in [2.24, 2.45) is 0 Å². The molecule has 1 saturated heterocycles. The minimum absolute atomic E-state index is 0.0353. The molecular formula is C21H24F2N2O5S. The second-order valence-corrected chi connectivity index (χ2v) is 9.05. The summed E-state index contributed by atoms with van der Waals surface area (Å²) in [5.74, 6) is -1.50. The Morgan fingerprint density at radius 1 is 1.10 bits per heavy atom. The molecule has 0 saturated carbocycles. The number of sulfonamides is 1. The van der Waals surface area contributed by atoms with Crippen molar-refractivity contribution in [1.29, 1.82) is 0 Å². The number of rotatable bonds is 8. The van der Waals surface area contributed by atoms with Crippen LogP contribution in [0.2, 0.25) is 0 Å². The summed E-state index contributed by atoms with van der Waals surface area (Å²) in [4.78, 5) is 12.3. The van der Waals surface area contributed by atoms with Crippen molar-refractivity contribution in [1.82, 2.24) is 10.0 Å². The molecule has 0 bridgehead atoms. The van der Waals surface area contributed by atoms with Crippen molar-refractivity contribution >= 4 is 15.9 Å². The van der Waals surface area contributed by atoms with E-state index in [1.54, 1.807) is 0 Å². The lowest BCUT2D eigenvalue weighted by atomic mass is 9.97. The molecule has 7 nitrogen and oxygen atoms in total. The lowest BCUT2D eigenvalue weighted by molar-refractivity contribution is -0.0891. The molecule has 3 N–H and O–H groups in total. The molecule has 2 aromatic carbocycles. The molecule has 1 aliphatic heterocycles. The van der Waals surface area contributed by atoms with Crippen LogP contribution in [0.15, 0.2) is 53.4 Å². The molecule has 0 spiro atoms. The fourth-order valence-corrected chi connectivity index (χ4v) is 4.49. The molecule has 3 rings (SSSR count). The van der Waals surface area contributed by atoms with Crippen LogP contribution in [0, 0.1) is 11.6 Å². The van der Waals surface area contributed by atoms with E-state index in [0.29, 0.717) is 19.3 Å². The first kappa shape index (κ1) is 23.3. The van der Waals surface area contributed by atoms with Crippen LogP contribution in [-0.4, -0.2) is 50.8 Å². The molecule has 0 radical (unpaired) electrons. The van der Waals surface area contributed by atoms with Crippen molar-refractivity contribution in [2.45, 2.75) is 42.4 Å². The predicted molar refractivity (Wildman–Crippen MR) is 109 cm³/mol. The Bertz CT molecular complexity index is 1000. The smallest absolute Gasteiger partial charge is 0.251 e. The number of benzene rings is 2. The maximum atomic E-state index is 13.3. The van der Waals surface area contributed by atoms with Gasteiger partial charge < -0.3 is 15.2 Å². The van der Waals surface area contributed by atoms with Crippen LogP contribution in [0.1, 0.15) is 29.6 Å². The number of carbonyl (C=O) groups excluding carboxylic acids is 1. The largest absolute Gasteiger partial charge is 0.394 e. The Hall–Kier alpha value is -2.40. The SMILES string of the molecule is O=C(N[C@H]1CC[C@H](CCNS(=O)(=O)c2ccc(F)cc2)O[C@@H]1CO)c1cccc(F)c1. The number of ether oxygens (including phenoxy) is 1. The number of aliphatic hydroxyl groups excluding tert-OH is 1. The molecule has 0 aliphatic carbocycles. The van der Waals surface area contributed by atoms with E-state index in [-0.39, 0.29) is 29.7 Å². The third kappa shape index (κ3) is 6.30. The molecule has 3 atom stereocenters. The van der Waals surface area contributed by atoms with Gasteiger partial charge in [-0.2, -0.15) is 0 Å². The number of nitrogens with one attached hydrogen (secondary N) is 2. The average Bonchev–Trinajstić information content (AvgIpc) is 2.74. The fraction of sp³-hybridized carbons (Fsp3) is 0.381. The molecule has 31 heavy (non-hydrogen) atoms. The molecule has 10 heteroatoms. The van der Waals surface area contributed by atoms with Gasteiger partial charge in [0.15, 0.2) is 0 Å². The number of aliphatic hydroxyl groups is 1. The Kier molecular flexibility index (Phi) is 7.71. The highest BCUT2D eigenvalue weighted by Gasteiger charge is 2.32. The molecule has 0 unspecified atom stereocenters. The van der Waals surface area contributed by atoms with Gasteiger partial charge in [-0.05, 0) is 61.7 Å². The number of hydrogen-bond donors (Lipinski definition) is 3. The minimum Gasteiger partial charge on any atom is -0.394 e. The van der Waals surface area contributed by atoms with Gasteiger partial charge in [0.1, 0.15) is 17.7 Å². The summed E-state index contributed by atoms with van der Waals surface area (Å²) >= 11 is 0. The second kappa shape index (κ2) is 10.3. The van der Waals surface area contributed by atoms with Crippen molar-refractivity contribution in [3.05, 3.63) is 65.7 Å². The second-order valence-electron chi connectivity index (χ2n) is 7.29. The van der Waals surface area contributed by atoms with Crippen molar-refractivity contribution in [3.63, 3.8) is 0 Å². The molecular weight excluding hydrogens is 430 g/mol. The van der Waals surface area contributed by atoms with Gasteiger partial charge in [0.2, 0.25) is 10.0 Å². The quantitative estimate of drug-likeness (QED) is 0.566. The van der Waals surface area contributed by atoms with Gasteiger partial charge in [-0.3, -0.25) is 4.79 Å². The van der Waals surface area contributed by atoms with Gasteiger partial charge >= 0.3 is 0 Å². The van der Waals surface area contributed by atoms with Crippen LogP contribution in [-0.2, 0) is 14.8 Å². The standard InChI is InChI=1S/C21H24F2N2O5S/c22-15-4-7-18(8-5-15)31(28,29)24-11-10-17-6-9-19(20(13-26)30-17)25-21(27)14-2-1-3-16(23)12-14/h1-5,7-8,12,17,19-20,24,26H,6,9-11,13H2,(H,25,27)/t17-,19+,20-/m1/s1. The van der Waals surface area contributed by atoms with E-state index in [0.717, 1.165) is 18.2 Å². The molecule has 1 aliphatic rings. The first-order valence-corrected chi connectivity index (χ1v) is 11.3. The van der Waals surface area contributed by atoms with Crippen LogP contribution in [0.3, 0.4) is 0 Å². The van der Waals surface area contributed by atoms with Gasteiger partial charge in [0.25, 0.3) is 5.91 Å². The van der Waals surface area contributed by atoms with E-state index < -0.39 is 39.7 Å². The number of carbonyl (C=O) groups is 1. The summed E-state index contributed by atoms with van der Waals surface area (Å²) in [5, 5.41) is 12.4. The van der Waals surface area contributed by atoms with Crippen LogP contribution >= 0.6 is 0 Å². The topological polar surface area (TPSA) is 105 Å². The van der Waals surface area contributed by atoms with Crippen LogP contribution < -0.4 is 10.0 Å². The highest BCUT2D eigenvalue weighted by molar-refractivity contribution is 7.89. The van der Waals surface area contributed by atoms with Gasteiger partial charge in [-0.15, -0.1) is 0 Å². The lowest BCUT2D eigenvalue weighted by Crippen LogP contribution is -2.51. The lowest BCUT2D eigenvalue weighted by Gasteiger charge is -2.36. The average molecular weight is 454 g/mol. The highest BCUT2D eigenvalue weighted by Crippen LogP contribution is 2.22. The zero-order valence-corrected chi connectivity index (χ0v) is 17.4. The normalized spacial score (nSPS) is 21.6. The summed E-state index contributed by atoms with van der Waals surface area (Å²) in [5.41, 5.74) is 0.175. The number of halogens is 2. The zero-order valence-electron chi connectivity index (χ0n) is 16.6. The highest BCUT2D eigenvalue weighted by atomic mass is 32.2. The molecule has 0 aromatic heterocycles. The minimum atomic E-state index is -3.77. The van der Waals surface area contributed by atoms with E-state index >= 15 is 0 Å². The molecule has 1 heterocycles. The van der Waals surface area contributed by atoms with Crippen molar-refractivity contribution in [3.8, 4) is 0 Å². The first-order chi connectivity index (χ1) is 14.8. The van der Waals surface area contributed by atoms with Gasteiger partial charge in [0.05, 0.1) is 23.6 Å². The third-order valence-corrected chi connectivity index (χ3v) is 6.56. The van der Waals surface area contributed by atoms with E-state index in [2.05, 4.69) is 10.0 Å². The molecule has 2 aromatic rings. The van der Waals surface area contributed by atoms with Crippen LogP contribution in [0.5, 0.6) is 0 Å². The Balaban J connectivity index is 1.50. The summed E-state index contributed by atoms with van der Waals surface area (Å²) in [6, 6.07) is 9.36. The van der Waals surface area contributed by atoms with E-state index in [1.807, 2.05) is 0 Å². The Morgan fingerprint density at radius 2 is 1.84 bits per heavy atom. The molecule has 168 valence electrons. The van der Waals surface area contributed by atoms with Crippen molar-refractivity contribution in [2.75, 3.05) is 13.2 Å². The van der Waals surface area contributed by atoms with Crippen LogP contribution in [0.25, 0.3) is 0 Å². The number of hydrogen-bond acceptors (Lipinski definition) is 5. The van der Waals surface area contributed by atoms with Crippen LogP contribution in [0.4, 0.5) is 8.78 Å². The molecule has 1 amide bonds. The Labute approximate surface area is 179 Å². The van der Waals surface area contributed by atoms with E-state index in [1.165, 1.54) is 30.3 Å². The zero-order chi connectivity index (χ0) is 22.4. The summed E-state index contributed by atoms with van der Waals surface area (Å²) < 4.78 is 59.1. The molecule has 1 fully saturated rings. The summed E-state index contributed by atoms with van der Waals surface area (Å²) in [6.45, 7) is -0.227. The predicted octanol–water partition coefficient (Wildman–Crippen LogP) is 1.97. The maximum Gasteiger partial charge on any atom is 0.251 e. The van der Waals surface area contributed by atoms with Gasteiger partial charge in [0, 0.05) is 12.1 Å². The Morgan fingerprint density at radius 3 is 2.52 bits per heavy atom.